The minimum Gasteiger partial charge on any atom is -0.392 e. The zero-order valence-electron chi connectivity index (χ0n) is 9.33. The maximum atomic E-state index is 12.3. The van der Waals surface area contributed by atoms with Crippen molar-refractivity contribution >= 4 is 34.6 Å². The van der Waals surface area contributed by atoms with Gasteiger partial charge in [0.05, 0.1) is 17.7 Å². The summed E-state index contributed by atoms with van der Waals surface area (Å²) in [6, 6.07) is 0.256. The Kier molecular flexibility index (Phi) is 4.01. The number of carbonyl (C=O) groups excluding carboxylic acids is 1. The van der Waals surface area contributed by atoms with Gasteiger partial charge in [0.15, 0.2) is 0 Å². The summed E-state index contributed by atoms with van der Waals surface area (Å²) in [4.78, 5) is 14.9. The van der Waals surface area contributed by atoms with E-state index < -0.39 is 0 Å². The van der Waals surface area contributed by atoms with Crippen molar-refractivity contribution in [1.29, 1.82) is 0 Å². The van der Waals surface area contributed by atoms with E-state index in [1.807, 2.05) is 0 Å². The van der Waals surface area contributed by atoms with Crippen LogP contribution in [0.1, 0.15) is 35.4 Å². The van der Waals surface area contributed by atoms with E-state index in [2.05, 4.69) is 9.59 Å². The summed E-state index contributed by atoms with van der Waals surface area (Å²) in [6.45, 7) is 0.344. The molecule has 1 saturated carbocycles. The van der Waals surface area contributed by atoms with Gasteiger partial charge in [-0.25, -0.2) is 0 Å². The molecule has 0 atom stereocenters. The second kappa shape index (κ2) is 5.50. The van der Waals surface area contributed by atoms with Crippen LogP contribution in [0, 0.1) is 0 Å². The normalized spacial score (nSPS) is 16.0. The van der Waals surface area contributed by atoms with E-state index in [0.29, 0.717) is 16.4 Å². The minimum absolute atomic E-state index is 0.0558. The standard InChI is InChI=1S/C10H14N4OS2/c11-9(16)6-14(7-3-1-2-4-7)10(15)8-5-12-13-17-8/h5,7H,1-4,6H2,(H2,11,16). The zero-order valence-corrected chi connectivity index (χ0v) is 11.0. The molecule has 1 heterocycles. The number of carbonyl (C=O) groups is 1. The van der Waals surface area contributed by atoms with Gasteiger partial charge in [-0.15, -0.1) is 5.10 Å². The van der Waals surface area contributed by atoms with Gasteiger partial charge in [-0.05, 0) is 24.4 Å². The Labute approximate surface area is 109 Å². The molecule has 0 aromatic carbocycles. The van der Waals surface area contributed by atoms with Crippen LogP contribution in [0.15, 0.2) is 6.20 Å². The number of hydrogen-bond donors (Lipinski definition) is 1. The van der Waals surface area contributed by atoms with Gasteiger partial charge < -0.3 is 10.6 Å². The number of hydrogen-bond acceptors (Lipinski definition) is 5. The SMILES string of the molecule is NC(=S)CN(C(=O)c1cnns1)C1CCCC1. The number of rotatable bonds is 4. The summed E-state index contributed by atoms with van der Waals surface area (Å²) in [5, 5.41) is 3.69. The Morgan fingerprint density at radius 3 is 2.82 bits per heavy atom. The number of nitrogens with two attached hydrogens (primary N) is 1. The van der Waals surface area contributed by atoms with Crippen LogP contribution in [-0.2, 0) is 0 Å². The average Bonchev–Trinajstić information content (AvgIpc) is 2.96. The van der Waals surface area contributed by atoms with Crippen LogP contribution in [0.2, 0.25) is 0 Å². The Balaban J connectivity index is 2.14. The molecule has 2 N–H and O–H groups in total. The first-order valence-electron chi connectivity index (χ1n) is 5.55. The molecule has 7 heteroatoms. The van der Waals surface area contributed by atoms with E-state index in [4.69, 9.17) is 18.0 Å². The molecule has 1 aliphatic rings. The number of aromatic nitrogens is 2. The van der Waals surface area contributed by atoms with Crippen molar-refractivity contribution in [3.63, 3.8) is 0 Å². The van der Waals surface area contributed by atoms with Gasteiger partial charge in [-0.2, -0.15) is 0 Å². The fourth-order valence-corrected chi connectivity index (χ4v) is 2.76. The van der Waals surface area contributed by atoms with Crippen LogP contribution in [0.4, 0.5) is 0 Å². The monoisotopic (exact) mass is 270 g/mol. The second-order valence-electron chi connectivity index (χ2n) is 4.12. The lowest BCUT2D eigenvalue weighted by molar-refractivity contribution is 0.0719. The third-order valence-electron chi connectivity index (χ3n) is 2.92. The average molecular weight is 270 g/mol. The van der Waals surface area contributed by atoms with Crippen molar-refractivity contribution in [3.8, 4) is 0 Å². The molecule has 0 saturated heterocycles. The molecular formula is C10H14N4OS2. The van der Waals surface area contributed by atoms with Gasteiger partial charge >= 0.3 is 0 Å². The third-order valence-corrected chi connectivity index (χ3v) is 3.71. The van der Waals surface area contributed by atoms with Crippen LogP contribution in [0.3, 0.4) is 0 Å². The van der Waals surface area contributed by atoms with E-state index >= 15 is 0 Å². The van der Waals surface area contributed by atoms with Crippen LogP contribution >= 0.6 is 23.8 Å². The Morgan fingerprint density at radius 2 is 2.29 bits per heavy atom. The van der Waals surface area contributed by atoms with E-state index in [0.717, 1.165) is 37.2 Å². The molecular weight excluding hydrogens is 256 g/mol. The predicted octanol–water partition coefficient (Wildman–Crippen LogP) is 1.21. The molecule has 1 aromatic heterocycles. The van der Waals surface area contributed by atoms with E-state index in [9.17, 15) is 4.79 Å². The number of amides is 1. The zero-order chi connectivity index (χ0) is 12.3. The van der Waals surface area contributed by atoms with Gasteiger partial charge in [0.2, 0.25) is 0 Å². The summed E-state index contributed by atoms with van der Waals surface area (Å²) < 4.78 is 3.71. The first kappa shape index (κ1) is 12.4. The van der Waals surface area contributed by atoms with Gasteiger partial charge in [0, 0.05) is 6.04 Å². The lowest BCUT2D eigenvalue weighted by atomic mass is 10.2. The third kappa shape index (κ3) is 2.98. The molecule has 92 valence electrons. The van der Waals surface area contributed by atoms with Crippen molar-refractivity contribution < 1.29 is 4.79 Å². The quantitative estimate of drug-likeness (QED) is 0.833. The molecule has 17 heavy (non-hydrogen) atoms. The lowest BCUT2D eigenvalue weighted by Crippen LogP contribution is -2.43. The van der Waals surface area contributed by atoms with Gasteiger partial charge in [-0.1, -0.05) is 29.5 Å². The molecule has 5 nitrogen and oxygen atoms in total. The van der Waals surface area contributed by atoms with Gasteiger partial charge in [0.1, 0.15) is 4.88 Å². The first-order valence-corrected chi connectivity index (χ1v) is 6.73. The molecule has 0 aliphatic heterocycles. The smallest absolute Gasteiger partial charge is 0.267 e. The maximum Gasteiger partial charge on any atom is 0.267 e. The highest BCUT2D eigenvalue weighted by atomic mass is 32.1. The van der Waals surface area contributed by atoms with Gasteiger partial charge in [-0.3, -0.25) is 4.79 Å². The largest absolute Gasteiger partial charge is 0.392 e. The van der Waals surface area contributed by atoms with Crippen molar-refractivity contribution in [3.05, 3.63) is 11.1 Å². The summed E-state index contributed by atoms with van der Waals surface area (Å²) in [5.74, 6) is -0.0558. The molecule has 1 aromatic rings. The van der Waals surface area contributed by atoms with E-state index in [1.165, 1.54) is 6.20 Å². The maximum absolute atomic E-state index is 12.3. The van der Waals surface area contributed by atoms with Crippen LogP contribution in [0.5, 0.6) is 0 Å². The summed E-state index contributed by atoms with van der Waals surface area (Å²) >= 11 is 6.02. The van der Waals surface area contributed by atoms with Crippen molar-refractivity contribution in [2.75, 3.05) is 6.54 Å². The van der Waals surface area contributed by atoms with Crippen molar-refractivity contribution in [1.82, 2.24) is 14.5 Å². The lowest BCUT2D eigenvalue weighted by Gasteiger charge is -2.27. The van der Waals surface area contributed by atoms with Crippen molar-refractivity contribution in [2.45, 2.75) is 31.7 Å². The van der Waals surface area contributed by atoms with E-state index in [1.54, 1.807) is 4.90 Å². The fourth-order valence-electron chi connectivity index (χ4n) is 2.15. The van der Waals surface area contributed by atoms with Crippen LogP contribution in [-0.4, -0.2) is 38.0 Å². The highest BCUT2D eigenvalue weighted by Crippen LogP contribution is 2.25. The topological polar surface area (TPSA) is 72.1 Å². The molecule has 0 spiro atoms. The summed E-state index contributed by atoms with van der Waals surface area (Å²) in [7, 11) is 0. The first-order chi connectivity index (χ1) is 8.18. The number of thiocarbonyl (C=S) groups is 1. The summed E-state index contributed by atoms with van der Waals surface area (Å²) in [5.41, 5.74) is 5.56. The van der Waals surface area contributed by atoms with Gasteiger partial charge in [0.25, 0.3) is 5.91 Å². The molecule has 0 unspecified atom stereocenters. The Morgan fingerprint density at radius 1 is 1.59 bits per heavy atom. The fraction of sp³-hybridized carbons (Fsp3) is 0.600. The molecule has 1 fully saturated rings. The van der Waals surface area contributed by atoms with Crippen LogP contribution in [0.25, 0.3) is 0 Å². The highest BCUT2D eigenvalue weighted by molar-refractivity contribution is 7.80. The molecule has 1 aliphatic carbocycles. The van der Waals surface area contributed by atoms with E-state index in [-0.39, 0.29) is 11.9 Å². The minimum atomic E-state index is -0.0558. The predicted molar refractivity (Wildman–Crippen MR) is 70.0 cm³/mol. The summed E-state index contributed by atoms with van der Waals surface area (Å²) in [6.07, 6.45) is 5.87. The molecule has 0 bridgehead atoms. The second-order valence-corrected chi connectivity index (χ2v) is 5.43. The molecule has 1 amide bonds. The van der Waals surface area contributed by atoms with Crippen molar-refractivity contribution in [2.24, 2.45) is 5.73 Å². The number of nitrogens with zero attached hydrogens (tertiary/aromatic N) is 3. The Hall–Kier alpha value is -1.08. The van der Waals surface area contributed by atoms with Crippen LogP contribution < -0.4 is 5.73 Å². The molecule has 2 rings (SSSR count). The molecule has 0 radical (unpaired) electrons. The highest BCUT2D eigenvalue weighted by Gasteiger charge is 2.28. The Bertz CT molecular complexity index is 400.